The predicted molar refractivity (Wildman–Crippen MR) is 141 cm³/mol. The molecule has 36 heavy (non-hydrogen) atoms. The van der Waals surface area contributed by atoms with Crippen molar-refractivity contribution < 1.29 is 14.4 Å². The Morgan fingerprint density at radius 3 is 2.39 bits per heavy atom. The summed E-state index contributed by atoms with van der Waals surface area (Å²) in [5, 5.41) is 4.87. The largest absolute Gasteiger partial charge is 0.325 e. The van der Waals surface area contributed by atoms with Crippen LogP contribution in [0.1, 0.15) is 31.8 Å². The van der Waals surface area contributed by atoms with E-state index in [0.29, 0.717) is 22.4 Å². The summed E-state index contributed by atoms with van der Waals surface area (Å²) in [5.41, 5.74) is 0.500. The minimum Gasteiger partial charge on any atom is -0.325 e. The minimum atomic E-state index is -1.42. The maximum absolute atomic E-state index is 14.6. The van der Waals surface area contributed by atoms with Crippen molar-refractivity contribution in [3.05, 3.63) is 112 Å². The molecule has 3 atom stereocenters. The van der Waals surface area contributed by atoms with Crippen molar-refractivity contribution in [2.75, 3.05) is 18.9 Å². The van der Waals surface area contributed by atoms with Crippen molar-refractivity contribution in [3.8, 4) is 0 Å². The SMILES string of the molecule is CN1C[C@@H](C(=O)c2ccc(Br)cc2)[C@]2(C(=O)Nc3ccccc32)[C@@]12C(=O)c1cccc3cccc2c13. The lowest BCUT2D eigenvalue weighted by molar-refractivity contribution is -0.124. The molecular weight excluding hydrogens is 516 g/mol. The molecule has 4 aromatic rings. The van der Waals surface area contributed by atoms with E-state index in [1.807, 2.05) is 84.7 Å². The van der Waals surface area contributed by atoms with E-state index in [-0.39, 0.29) is 24.0 Å². The lowest BCUT2D eigenvalue weighted by Gasteiger charge is -2.44. The molecule has 1 aliphatic carbocycles. The van der Waals surface area contributed by atoms with Crippen LogP contribution in [0.15, 0.2) is 89.4 Å². The lowest BCUT2D eigenvalue weighted by Crippen LogP contribution is -2.61. The summed E-state index contributed by atoms with van der Waals surface area (Å²) in [6.45, 7) is 0.271. The monoisotopic (exact) mass is 536 g/mol. The highest BCUT2D eigenvalue weighted by Gasteiger charge is 2.77. The van der Waals surface area contributed by atoms with Gasteiger partial charge in [0.25, 0.3) is 0 Å². The summed E-state index contributed by atoms with van der Waals surface area (Å²) in [6, 6.07) is 26.3. The van der Waals surface area contributed by atoms with Crippen molar-refractivity contribution in [2.24, 2.45) is 5.92 Å². The Bertz CT molecular complexity index is 1640. The number of carbonyl (C=O) groups is 3. The quantitative estimate of drug-likeness (QED) is 0.351. The number of amides is 1. The van der Waals surface area contributed by atoms with Gasteiger partial charge in [0, 0.05) is 27.8 Å². The van der Waals surface area contributed by atoms with Gasteiger partial charge in [0.2, 0.25) is 5.91 Å². The van der Waals surface area contributed by atoms with Crippen LogP contribution in [0.4, 0.5) is 5.69 Å². The van der Waals surface area contributed by atoms with Crippen molar-refractivity contribution in [1.29, 1.82) is 0 Å². The Labute approximate surface area is 216 Å². The first kappa shape index (κ1) is 21.7. The van der Waals surface area contributed by atoms with Crippen LogP contribution in [0, 0.1) is 5.92 Å². The molecule has 2 heterocycles. The zero-order chi connectivity index (χ0) is 24.8. The predicted octanol–water partition coefficient (Wildman–Crippen LogP) is 5.33. The summed E-state index contributed by atoms with van der Waals surface area (Å²) >= 11 is 3.44. The molecule has 6 heteroatoms. The average molecular weight is 537 g/mol. The molecule has 1 N–H and O–H groups in total. The molecular formula is C30H21BrN2O3. The van der Waals surface area contributed by atoms with E-state index < -0.39 is 16.9 Å². The van der Waals surface area contributed by atoms with E-state index in [9.17, 15) is 14.4 Å². The van der Waals surface area contributed by atoms with Gasteiger partial charge in [0.1, 0.15) is 11.0 Å². The number of rotatable bonds is 2. The zero-order valence-electron chi connectivity index (χ0n) is 19.4. The molecule has 0 bridgehead atoms. The van der Waals surface area contributed by atoms with Crippen LogP contribution in [-0.2, 0) is 15.7 Å². The van der Waals surface area contributed by atoms with Crippen LogP contribution in [0.25, 0.3) is 10.8 Å². The molecule has 2 spiro atoms. The number of hydrogen-bond acceptors (Lipinski definition) is 4. The fraction of sp³-hybridized carbons (Fsp3) is 0.167. The Hall–Kier alpha value is -3.61. The van der Waals surface area contributed by atoms with Crippen molar-refractivity contribution in [3.63, 3.8) is 0 Å². The van der Waals surface area contributed by atoms with Crippen LogP contribution >= 0.6 is 15.9 Å². The number of fused-ring (bicyclic) bond motifs is 4. The van der Waals surface area contributed by atoms with Gasteiger partial charge < -0.3 is 5.32 Å². The van der Waals surface area contributed by atoms with Crippen molar-refractivity contribution in [1.82, 2.24) is 4.90 Å². The molecule has 1 amide bonds. The molecule has 7 rings (SSSR count). The second-order valence-electron chi connectivity index (χ2n) is 9.86. The van der Waals surface area contributed by atoms with Crippen LogP contribution in [0.3, 0.4) is 0 Å². The van der Waals surface area contributed by atoms with Crippen molar-refractivity contribution in [2.45, 2.75) is 11.0 Å². The lowest BCUT2D eigenvalue weighted by atomic mass is 9.57. The topological polar surface area (TPSA) is 66.5 Å². The molecule has 176 valence electrons. The number of ketones is 2. The van der Waals surface area contributed by atoms with Crippen LogP contribution in [0.2, 0.25) is 0 Å². The van der Waals surface area contributed by atoms with Crippen LogP contribution in [-0.4, -0.2) is 36.0 Å². The summed E-state index contributed by atoms with van der Waals surface area (Å²) in [4.78, 5) is 45.2. The maximum Gasteiger partial charge on any atom is 0.238 e. The molecule has 3 aliphatic rings. The molecule has 2 aliphatic heterocycles. The summed E-state index contributed by atoms with van der Waals surface area (Å²) in [5.74, 6) is -1.34. The zero-order valence-corrected chi connectivity index (χ0v) is 21.0. The Balaban J connectivity index is 1.58. The summed E-state index contributed by atoms with van der Waals surface area (Å²) < 4.78 is 0.867. The van der Waals surface area contributed by atoms with Gasteiger partial charge in [-0.15, -0.1) is 0 Å². The van der Waals surface area contributed by atoms with Gasteiger partial charge in [-0.25, -0.2) is 0 Å². The third-order valence-corrected chi connectivity index (χ3v) is 8.92. The first-order valence-electron chi connectivity index (χ1n) is 11.9. The van der Waals surface area contributed by atoms with Gasteiger partial charge in [0.15, 0.2) is 11.6 Å². The van der Waals surface area contributed by atoms with Gasteiger partial charge in [-0.2, -0.15) is 0 Å². The number of likely N-dealkylation sites (tertiary alicyclic amines) is 1. The standard InChI is InChI=1S/C30H21BrN2O3/c1-33-16-23(26(34)18-12-14-19(31)15-13-18)29(21-9-2-3-11-24(21)32-28(29)36)30(33)22-10-5-7-17-6-4-8-20(25(17)22)27(30)35/h2-15,23H,16H2,1H3,(H,32,36)/t23-,29+,30+/m0/s1. The number of Topliss-reactive ketones (excluding diaryl/α,β-unsaturated/α-hetero) is 2. The third kappa shape index (κ3) is 2.32. The van der Waals surface area contributed by atoms with Crippen LogP contribution in [0.5, 0.6) is 0 Å². The number of halogens is 1. The highest BCUT2D eigenvalue weighted by Crippen LogP contribution is 2.65. The number of benzene rings is 4. The number of nitrogens with zero attached hydrogens (tertiary/aromatic N) is 1. The number of hydrogen-bond donors (Lipinski definition) is 1. The van der Waals surface area contributed by atoms with Crippen molar-refractivity contribution >= 4 is 49.9 Å². The molecule has 1 saturated heterocycles. The maximum atomic E-state index is 14.6. The fourth-order valence-electron chi connectivity index (χ4n) is 7.10. The average Bonchev–Trinajstić information content (AvgIpc) is 3.45. The van der Waals surface area contributed by atoms with E-state index in [2.05, 4.69) is 21.2 Å². The number of likely N-dealkylation sites (N-methyl/N-ethyl adjacent to an activating group) is 1. The van der Waals surface area contributed by atoms with Gasteiger partial charge in [-0.3, -0.25) is 19.3 Å². The smallest absolute Gasteiger partial charge is 0.238 e. The van der Waals surface area contributed by atoms with Gasteiger partial charge in [-0.05, 0) is 47.1 Å². The third-order valence-electron chi connectivity index (χ3n) is 8.39. The van der Waals surface area contributed by atoms with Crippen LogP contribution < -0.4 is 5.32 Å². The minimum absolute atomic E-state index is 0.130. The van der Waals surface area contributed by atoms with E-state index >= 15 is 0 Å². The summed E-state index contributed by atoms with van der Waals surface area (Å²) in [7, 11) is 1.87. The molecule has 5 nitrogen and oxygen atoms in total. The van der Waals surface area contributed by atoms with Gasteiger partial charge >= 0.3 is 0 Å². The Morgan fingerprint density at radius 1 is 0.917 bits per heavy atom. The second-order valence-corrected chi connectivity index (χ2v) is 10.8. The fourth-order valence-corrected chi connectivity index (χ4v) is 7.36. The highest BCUT2D eigenvalue weighted by atomic mass is 79.9. The normalized spacial score (nSPS) is 26.2. The van der Waals surface area contributed by atoms with E-state index in [1.54, 1.807) is 12.1 Å². The van der Waals surface area contributed by atoms with E-state index in [4.69, 9.17) is 0 Å². The molecule has 4 aromatic carbocycles. The molecule has 0 unspecified atom stereocenters. The number of anilines is 1. The number of nitrogens with one attached hydrogen (secondary N) is 1. The first-order valence-corrected chi connectivity index (χ1v) is 12.7. The molecule has 0 saturated carbocycles. The summed E-state index contributed by atoms with van der Waals surface area (Å²) in [6.07, 6.45) is 0. The Morgan fingerprint density at radius 2 is 1.61 bits per heavy atom. The van der Waals surface area contributed by atoms with Gasteiger partial charge in [-0.1, -0.05) is 82.7 Å². The Kier molecular flexibility index (Phi) is 4.34. The molecule has 0 radical (unpaired) electrons. The molecule has 1 fully saturated rings. The number of carbonyl (C=O) groups excluding carboxylic acids is 3. The number of para-hydroxylation sites is 1. The highest BCUT2D eigenvalue weighted by molar-refractivity contribution is 9.10. The first-order chi connectivity index (χ1) is 17.4. The van der Waals surface area contributed by atoms with Gasteiger partial charge in [0.05, 0.1) is 5.92 Å². The van der Waals surface area contributed by atoms with E-state index in [1.165, 1.54) is 0 Å². The van der Waals surface area contributed by atoms with E-state index in [0.717, 1.165) is 20.8 Å². The molecule has 0 aromatic heterocycles. The second kappa shape index (κ2) is 7.21.